The molecule has 2 heterocycles. The number of hydrogen-bond acceptors (Lipinski definition) is 8. The lowest BCUT2D eigenvalue weighted by atomic mass is 10.1. The number of nitrogens with one attached hydrogen (secondary N) is 2. The van der Waals surface area contributed by atoms with Crippen LogP contribution < -0.4 is 25.3 Å². The summed E-state index contributed by atoms with van der Waals surface area (Å²) < 4.78 is 16.2. The number of carbonyl (C=O) groups excluding carboxylic acids is 3. The van der Waals surface area contributed by atoms with Crippen molar-refractivity contribution in [3.05, 3.63) is 40.3 Å². The second-order valence-electron chi connectivity index (χ2n) is 5.91. The Kier molecular flexibility index (Phi) is 6.17. The average Bonchev–Trinajstić information content (AvgIpc) is 3.31. The lowest BCUT2D eigenvalue weighted by molar-refractivity contribution is -0.305. The molecule has 0 atom stereocenters. The van der Waals surface area contributed by atoms with E-state index in [1.807, 2.05) is 0 Å². The minimum atomic E-state index is -1.32. The number of halogens is 1. The summed E-state index contributed by atoms with van der Waals surface area (Å²) in [6.07, 6.45) is -0.663. The van der Waals surface area contributed by atoms with E-state index in [1.165, 1.54) is 6.07 Å². The SMILES string of the molecule is C/C(=N\NC(=O)c1ccc(Br)o1)c1cc2c(cc1NC(=O)CCC(=O)[O-])OCO2. The molecule has 29 heavy (non-hydrogen) atoms. The number of ether oxygens (including phenoxy) is 2. The minimum absolute atomic E-state index is 0.0250. The molecular weight excluding hydrogens is 450 g/mol. The van der Waals surface area contributed by atoms with E-state index in [9.17, 15) is 19.5 Å². The number of carboxylic acid groups (broad SMARTS) is 1. The number of hydrazone groups is 1. The summed E-state index contributed by atoms with van der Waals surface area (Å²) in [4.78, 5) is 34.7. The van der Waals surface area contributed by atoms with Gasteiger partial charge in [-0.05, 0) is 47.5 Å². The van der Waals surface area contributed by atoms with Crippen LogP contribution in [0.4, 0.5) is 5.69 Å². The number of hydrogen-bond donors (Lipinski definition) is 2. The van der Waals surface area contributed by atoms with Crippen LogP contribution in [0.5, 0.6) is 11.5 Å². The van der Waals surface area contributed by atoms with Gasteiger partial charge in [0.05, 0.1) is 11.4 Å². The summed E-state index contributed by atoms with van der Waals surface area (Å²) in [7, 11) is 0. The van der Waals surface area contributed by atoms with Crippen LogP contribution in [-0.4, -0.2) is 30.3 Å². The van der Waals surface area contributed by atoms with Crippen LogP contribution in [0.1, 0.15) is 35.9 Å². The van der Waals surface area contributed by atoms with Gasteiger partial charge in [-0.15, -0.1) is 0 Å². The number of carbonyl (C=O) groups is 3. The van der Waals surface area contributed by atoms with Crippen molar-refractivity contribution in [3.8, 4) is 11.5 Å². The van der Waals surface area contributed by atoms with Gasteiger partial charge < -0.3 is 29.1 Å². The summed E-state index contributed by atoms with van der Waals surface area (Å²) in [6.45, 7) is 1.64. The Morgan fingerprint density at radius 1 is 1.17 bits per heavy atom. The Morgan fingerprint density at radius 3 is 2.55 bits per heavy atom. The van der Waals surface area contributed by atoms with Crippen molar-refractivity contribution < 1.29 is 33.4 Å². The number of carboxylic acids is 1. The highest BCUT2D eigenvalue weighted by atomic mass is 79.9. The summed E-state index contributed by atoms with van der Waals surface area (Å²) in [5, 5.41) is 17.2. The van der Waals surface area contributed by atoms with E-state index in [0.717, 1.165) is 0 Å². The van der Waals surface area contributed by atoms with E-state index < -0.39 is 24.2 Å². The number of fused-ring (bicyclic) bond motifs is 1. The van der Waals surface area contributed by atoms with Crippen LogP contribution >= 0.6 is 15.9 Å². The van der Waals surface area contributed by atoms with Gasteiger partial charge in [-0.25, -0.2) is 5.43 Å². The van der Waals surface area contributed by atoms with E-state index in [-0.39, 0.29) is 19.0 Å². The largest absolute Gasteiger partial charge is 0.550 e. The van der Waals surface area contributed by atoms with Gasteiger partial charge in [-0.2, -0.15) is 5.10 Å². The molecule has 2 N–H and O–H groups in total. The van der Waals surface area contributed by atoms with Crippen LogP contribution in [0.3, 0.4) is 0 Å². The molecule has 0 saturated carbocycles. The molecule has 1 aromatic carbocycles. The van der Waals surface area contributed by atoms with Crippen LogP contribution in [0.2, 0.25) is 0 Å². The maximum absolute atomic E-state index is 12.1. The highest BCUT2D eigenvalue weighted by Crippen LogP contribution is 2.37. The van der Waals surface area contributed by atoms with Gasteiger partial charge in [-0.1, -0.05) is 0 Å². The van der Waals surface area contributed by atoms with Crippen LogP contribution in [0, 0.1) is 0 Å². The lowest BCUT2D eigenvalue weighted by Gasteiger charge is -2.13. The summed E-state index contributed by atoms with van der Waals surface area (Å²) in [5.41, 5.74) is 3.50. The zero-order valence-corrected chi connectivity index (χ0v) is 16.7. The van der Waals surface area contributed by atoms with Gasteiger partial charge in [0.1, 0.15) is 0 Å². The normalized spacial score (nSPS) is 12.6. The topological polar surface area (TPSA) is 142 Å². The van der Waals surface area contributed by atoms with Gasteiger partial charge in [0.15, 0.2) is 21.9 Å². The fourth-order valence-electron chi connectivity index (χ4n) is 2.46. The fraction of sp³-hybridized carbons (Fsp3) is 0.222. The molecule has 1 aliphatic heterocycles. The first-order chi connectivity index (χ1) is 13.8. The molecule has 0 aliphatic carbocycles. The van der Waals surface area contributed by atoms with Crippen molar-refractivity contribution in [1.29, 1.82) is 0 Å². The summed E-state index contributed by atoms with van der Waals surface area (Å²) in [5.74, 6) is -1.47. The number of amides is 2. The number of rotatable bonds is 7. The monoisotopic (exact) mass is 464 g/mol. The maximum Gasteiger partial charge on any atom is 0.307 e. The molecule has 2 amide bonds. The first kappa shape index (κ1) is 20.4. The van der Waals surface area contributed by atoms with E-state index in [0.29, 0.717) is 33.1 Å². The van der Waals surface area contributed by atoms with Gasteiger partial charge in [-0.3, -0.25) is 9.59 Å². The molecule has 3 rings (SSSR count). The Hall–Kier alpha value is -3.34. The van der Waals surface area contributed by atoms with Gasteiger partial charge >= 0.3 is 5.91 Å². The zero-order valence-electron chi connectivity index (χ0n) is 15.1. The highest BCUT2D eigenvalue weighted by Gasteiger charge is 2.20. The maximum atomic E-state index is 12.1. The minimum Gasteiger partial charge on any atom is -0.550 e. The lowest BCUT2D eigenvalue weighted by Crippen LogP contribution is -2.24. The fourth-order valence-corrected chi connectivity index (χ4v) is 2.77. The Morgan fingerprint density at radius 2 is 1.90 bits per heavy atom. The third-order valence-electron chi connectivity index (χ3n) is 3.85. The molecule has 2 aromatic rings. The first-order valence-electron chi connectivity index (χ1n) is 8.37. The predicted molar refractivity (Wildman–Crippen MR) is 102 cm³/mol. The molecule has 1 aromatic heterocycles. The summed E-state index contributed by atoms with van der Waals surface area (Å²) >= 11 is 3.11. The van der Waals surface area contributed by atoms with Gasteiger partial charge in [0, 0.05) is 24.0 Å². The third kappa shape index (κ3) is 5.13. The van der Waals surface area contributed by atoms with E-state index in [1.54, 1.807) is 25.1 Å². The molecule has 0 unspecified atom stereocenters. The Balaban J connectivity index is 1.81. The zero-order chi connectivity index (χ0) is 21.0. The molecule has 0 saturated heterocycles. The molecule has 11 heteroatoms. The molecular formula is C18H15BrN3O7-. The number of benzene rings is 1. The van der Waals surface area contributed by atoms with Crippen LogP contribution in [0.25, 0.3) is 0 Å². The number of anilines is 1. The van der Waals surface area contributed by atoms with Crippen molar-refractivity contribution >= 4 is 45.1 Å². The standard InChI is InChI=1S/C18H16BrN3O7/c1-9(21-22-18(26)12-2-3-15(19)29-12)10-6-13-14(28-8-27-13)7-11(10)20-16(23)4-5-17(24)25/h2-3,6-7H,4-5,8H2,1H3,(H,20,23)(H,22,26)(H,24,25)/p-1/b21-9+. The third-order valence-corrected chi connectivity index (χ3v) is 4.28. The van der Waals surface area contributed by atoms with Crippen molar-refractivity contribution in [2.75, 3.05) is 12.1 Å². The van der Waals surface area contributed by atoms with Crippen molar-refractivity contribution in [2.24, 2.45) is 5.10 Å². The first-order valence-corrected chi connectivity index (χ1v) is 9.16. The molecule has 0 radical (unpaired) electrons. The van der Waals surface area contributed by atoms with Gasteiger partial charge in [0.25, 0.3) is 0 Å². The average molecular weight is 465 g/mol. The van der Waals surface area contributed by atoms with Crippen LogP contribution in [0.15, 0.2) is 38.5 Å². The second kappa shape index (κ2) is 8.78. The van der Waals surface area contributed by atoms with Crippen molar-refractivity contribution in [3.63, 3.8) is 0 Å². The van der Waals surface area contributed by atoms with E-state index >= 15 is 0 Å². The second-order valence-corrected chi connectivity index (χ2v) is 6.69. The molecule has 0 bridgehead atoms. The molecule has 152 valence electrons. The Bertz CT molecular complexity index is 999. The molecule has 0 fully saturated rings. The molecule has 10 nitrogen and oxygen atoms in total. The number of nitrogens with zero attached hydrogens (tertiary/aromatic N) is 1. The number of furan rings is 1. The molecule has 0 spiro atoms. The van der Waals surface area contributed by atoms with E-state index in [2.05, 4.69) is 31.8 Å². The number of aliphatic carboxylic acids is 1. The predicted octanol–water partition coefficient (Wildman–Crippen LogP) is 1.39. The Labute approximate surface area is 173 Å². The summed E-state index contributed by atoms with van der Waals surface area (Å²) in [6, 6.07) is 6.20. The van der Waals surface area contributed by atoms with Crippen LogP contribution in [-0.2, 0) is 9.59 Å². The molecule has 1 aliphatic rings. The highest BCUT2D eigenvalue weighted by molar-refractivity contribution is 9.10. The van der Waals surface area contributed by atoms with Gasteiger partial charge in [0.2, 0.25) is 12.7 Å². The van der Waals surface area contributed by atoms with Crippen molar-refractivity contribution in [2.45, 2.75) is 19.8 Å². The smallest absolute Gasteiger partial charge is 0.307 e. The quantitative estimate of drug-likeness (QED) is 0.465. The van der Waals surface area contributed by atoms with E-state index in [4.69, 9.17) is 13.9 Å². The van der Waals surface area contributed by atoms with Crippen molar-refractivity contribution in [1.82, 2.24) is 5.43 Å².